The molecule has 2 bridgehead atoms. The van der Waals surface area contributed by atoms with Crippen LogP contribution in [0.3, 0.4) is 0 Å². The largest absolute Gasteiger partial charge is 0.281 e. The predicted molar refractivity (Wildman–Crippen MR) is 56.3 cm³/mol. The highest BCUT2D eigenvalue weighted by atomic mass is 35.5. The van der Waals surface area contributed by atoms with Gasteiger partial charge in [0.2, 0.25) is 5.24 Å². The molecule has 84 valence electrons. The summed E-state index contributed by atoms with van der Waals surface area (Å²) < 4.78 is 27.8. The number of thioether (sulfide) groups is 1. The Labute approximate surface area is 96.8 Å². The fourth-order valence-electron chi connectivity index (χ4n) is 2.87. The van der Waals surface area contributed by atoms with E-state index in [0.29, 0.717) is 6.42 Å². The number of fused-ring (bicyclic) bond motifs is 1. The fraction of sp³-hybridized carbons (Fsp3) is 0.875. The molecule has 0 aromatic rings. The minimum Gasteiger partial charge on any atom is -0.281 e. The Balaban J connectivity index is 1.98. The van der Waals surface area contributed by atoms with E-state index in [9.17, 15) is 13.2 Å². The van der Waals surface area contributed by atoms with E-state index < -0.39 is 15.4 Å². The van der Waals surface area contributed by atoms with Gasteiger partial charge in [0, 0.05) is 16.4 Å². The summed E-state index contributed by atoms with van der Waals surface area (Å²) in [5, 5.41) is -0.0905. The first kappa shape index (κ1) is 10.4. The molecule has 7 heteroatoms. The summed E-state index contributed by atoms with van der Waals surface area (Å²) in [7, 11) is -3.44. The van der Waals surface area contributed by atoms with E-state index in [1.165, 1.54) is 0 Å². The van der Waals surface area contributed by atoms with Crippen molar-refractivity contribution in [3.05, 3.63) is 0 Å². The molecule has 3 saturated heterocycles. The lowest BCUT2D eigenvalue weighted by Crippen LogP contribution is -2.48. The van der Waals surface area contributed by atoms with E-state index in [0.717, 1.165) is 0 Å². The maximum absolute atomic E-state index is 11.4. The minimum absolute atomic E-state index is 0.0548. The van der Waals surface area contributed by atoms with Crippen LogP contribution in [0, 0.1) is 11.8 Å². The van der Waals surface area contributed by atoms with Gasteiger partial charge in [-0.1, -0.05) is 0 Å². The van der Waals surface area contributed by atoms with Crippen molar-refractivity contribution in [2.45, 2.75) is 23.0 Å². The topological polar surface area (TPSA) is 60.4 Å². The zero-order valence-electron chi connectivity index (χ0n) is 7.63. The highest BCUT2D eigenvalue weighted by molar-refractivity contribution is 8.01. The second-order valence-corrected chi connectivity index (χ2v) is 7.66. The van der Waals surface area contributed by atoms with Crippen LogP contribution in [-0.2, 0) is 19.1 Å². The Morgan fingerprint density at radius 1 is 1.47 bits per heavy atom. The molecule has 4 nitrogen and oxygen atoms in total. The number of halogens is 1. The number of carbonyl (C=O) groups is 1. The van der Waals surface area contributed by atoms with E-state index in [-0.39, 0.29) is 34.2 Å². The number of hydrogen-bond donors (Lipinski definition) is 0. The second kappa shape index (κ2) is 3.12. The van der Waals surface area contributed by atoms with Crippen molar-refractivity contribution < 1.29 is 17.4 Å². The molecule has 0 radical (unpaired) electrons. The number of hydrogen-bond acceptors (Lipinski definition) is 5. The fourth-order valence-corrected chi connectivity index (χ4v) is 7.00. The van der Waals surface area contributed by atoms with E-state index in [4.69, 9.17) is 15.8 Å². The third-order valence-corrected chi connectivity index (χ3v) is 6.76. The molecular formula is C8H9ClO4S2. The summed E-state index contributed by atoms with van der Waals surface area (Å²) in [5.74, 6) is -0.486. The van der Waals surface area contributed by atoms with Crippen molar-refractivity contribution in [2.24, 2.45) is 11.8 Å². The van der Waals surface area contributed by atoms with Crippen LogP contribution in [0.2, 0.25) is 0 Å². The van der Waals surface area contributed by atoms with Gasteiger partial charge in [0.25, 0.3) is 10.1 Å². The van der Waals surface area contributed by atoms with Crippen LogP contribution in [0.5, 0.6) is 0 Å². The average molecular weight is 269 g/mol. The van der Waals surface area contributed by atoms with Crippen molar-refractivity contribution in [3.8, 4) is 0 Å². The quantitative estimate of drug-likeness (QED) is 0.515. The third kappa shape index (κ3) is 1.45. The van der Waals surface area contributed by atoms with Crippen molar-refractivity contribution >= 4 is 38.7 Å². The van der Waals surface area contributed by atoms with Gasteiger partial charge in [0.1, 0.15) is 0 Å². The van der Waals surface area contributed by atoms with Crippen LogP contribution in [0.15, 0.2) is 0 Å². The maximum Gasteiger partial charge on any atom is 0.267 e. The molecule has 0 aliphatic carbocycles. The molecule has 3 heterocycles. The normalized spacial score (nSPS) is 50.6. The summed E-state index contributed by atoms with van der Waals surface area (Å²) >= 11 is 7.19. The molecule has 0 spiro atoms. The molecule has 15 heavy (non-hydrogen) atoms. The Morgan fingerprint density at radius 2 is 2.20 bits per heavy atom. The summed E-state index contributed by atoms with van der Waals surface area (Å²) in [6.45, 7) is 0. The smallest absolute Gasteiger partial charge is 0.267 e. The van der Waals surface area contributed by atoms with Gasteiger partial charge in [0.05, 0.1) is 17.8 Å². The first-order chi connectivity index (χ1) is 6.98. The van der Waals surface area contributed by atoms with Gasteiger partial charge in [-0.25, -0.2) is 0 Å². The molecular weight excluding hydrogens is 260 g/mol. The standard InChI is InChI=1S/C8H9ClO4S2/c9-8(10)6-3-2-15(11,12)13-4-1-5(6)14-7(3)4/h3-7H,1-2H2. The number of carbonyl (C=O) groups excluding carboxylic acids is 1. The summed E-state index contributed by atoms with van der Waals surface area (Å²) in [5.41, 5.74) is 0. The summed E-state index contributed by atoms with van der Waals surface area (Å²) in [6.07, 6.45) is 0.407. The Kier molecular flexibility index (Phi) is 2.16. The molecule has 5 unspecified atom stereocenters. The zero-order valence-corrected chi connectivity index (χ0v) is 10.0. The van der Waals surface area contributed by atoms with E-state index in [1.807, 2.05) is 0 Å². The predicted octanol–water partition coefficient (Wildman–Crippen LogP) is 0.600. The van der Waals surface area contributed by atoms with E-state index in [1.54, 1.807) is 11.8 Å². The molecule has 5 atom stereocenters. The first-order valence-electron chi connectivity index (χ1n) is 4.74. The molecule has 0 N–H and O–H groups in total. The van der Waals surface area contributed by atoms with Crippen molar-refractivity contribution in [2.75, 3.05) is 5.75 Å². The maximum atomic E-state index is 11.4. The monoisotopic (exact) mass is 268 g/mol. The lowest BCUT2D eigenvalue weighted by molar-refractivity contribution is -0.117. The molecule has 3 rings (SSSR count). The van der Waals surface area contributed by atoms with Crippen LogP contribution in [0.25, 0.3) is 0 Å². The Bertz CT molecular complexity index is 420. The second-order valence-electron chi connectivity index (χ2n) is 4.23. The molecule has 0 saturated carbocycles. The van der Waals surface area contributed by atoms with Crippen molar-refractivity contribution in [3.63, 3.8) is 0 Å². The Morgan fingerprint density at radius 3 is 2.87 bits per heavy atom. The average Bonchev–Trinajstić information content (AvgIpc) is 2.56. The lowest BCUT2D eigenvalue weighted by Gasteiger charge is -2.36. The number of rotatable bonds is 1. The zero-order chi connectivity index (χ0) is 10.8. The van der Waals surface area contributed by atoms with Crippen molar-refractivity contribution in [1.82, 2.24) is 0 Å². The van der Waals surface area contributed by atoms with Gasteiger partial charge in [-0.05, 0) is 18.0 Å². The molecule has 0 amide bonds. The molecule has 0 aromatic heterocycles. The van der Waals surface area contributed by atoms with Gasteiger partial charge >= 0.3 is 0 Å². The molecule has 3 aliphatic rings. The first-order valence-corrected chi connectivity index (χ1v) is 7.63. The minimum atomic E-state index is -3.44. The molecule has 3 aliphatic heterocycles. The van der Waals surface area contributed by atoms with Crippen LogP contribution in [0.1, 0.15) is 6.42 Å². The lowest BCUT2D eigenvalue weighted by atomic mass is 9.79. The molecule has 3 fully saturated rings. The summed E-state index contributed by atoms with van der Waals surface area (Å²) in [4.78, 5) is 11.3. The molecule has 0 aromatic carbocycles. The highest BCUT2D eigenvalue weighted by Crippen LogP contribution is 2.57. The van der Waals surface area contributed by atoms with E-state index in [2.05, 4.69) is 0 Å². The van der Waals surface area contributed by atoms with Gasteiger partial charge in [-0.15, -0.1) is 0 Å². The SMILES string of the molecule is O=C(Cl)C1C2CC3OS(=O)(=O)CC1C3S2. The van der Waals surface area contributed by atoms with E-state index >= 15 is 0 Å². The van der Waals surface area contributed by atoms with Gasteiger partial charge in [0.15, 0.2) is 0 Å². The third-order valence-electron chi connectivity index (χ3n) is 3.38. The van der Waals surface area contributed by atoms with Gasteiger partial charge in [-0.2, -0.15) is 20.2 Å². The van der Waals surface area contributed by atoms with Crippen LogP contribution < -0.4 is 0 Å². The summed E-state index contributed by atoms with van der Waals surface area (Å²) in [6, 6.07) is 0. The van der Waals surface area contributed by atoms with Crippen LogP contribution in [-0.4, -0.2) is 36.0 Å². The van der Waals surface area contributed by atoms with Crippen LogP contribution >= 0.6 is 23.4 Å². The van der Waals surface area contributed by atoms with Gasteiger partial charge in [-0.3, -0.25) is 8.98 Å². The Hall–Kier alpha value is 0.220. The van der Waals surface area contributed by atoms with Gasteiger partial charge < -0.3 is 0 Å². The van der Waals surface area contributed by atoms with Crippen molar-refractivity contribution in [1.29, 1.82) is 0 Å². The van der Waals surface area contributed by atoms with Crippen LogP contribution in [0.4, 0.5) is 0 Å². The highest BCUT2D eigenvalue weighted by Gasteiger charge is 2.60.